The maximum Gasteiger partial charge on any atom is 0.123 e. The van der Waals surface area contributed by atoms with Gasteiger partial charge >= 0.3 is 0 Å². The second kappa shape index (κ2) is 8.47. The van der Waals surface area contributed by atoms with Gasteiger partial charge in [0.25, 0.3) is 0 Å². The SMILES string of the molecule is CCNC(CCN1CCOC(CC)C1)c1ccc(F)cc1. The first kappa shape index (κ1) is 16.4. The Hall–Kier alpha value is -0.970. The van der Waals surface area contributed by atoms with Gasteiger partial charge in [-0.05, 0) is 37.1 Å². The van der Waals surface area contributed by atoms with E-state index in [-0.39, 0.29) is 5.82 Å². The lowest BCUT2D eigenvalue weighted by Gasteiger charge is -2.33. The third-order valence-corrected chi connectivity index (χ3v) is 4.14. The highest BCUT2D eigenvalue weighted by Gasteiger charge is 2.20. The molecule has 0 radical (unpaired) electrons. The van der Waals surface area contributed by atoms with E-state index in [2.05, 4.69) is 24.1 Å². The van der Waals surface area contributed by atoms with Gasteiger partial charge in [-0.2, -0.15) is 0 Å². The van der Waals surface area contributed by atoms with Gasteiger partial charge in [-0.1, -0.05) is 26.0 Å². The van der Waals surface area contributed by atoms with Crippen molar-refractivity contribution in [3.63, 3.8) is 0 Å². The van der Waals surface area contributed by atoms with E-state index in [1.54, 1.807) is 12.1 Å². The summed E-state index contributed by atoms with van der Waals surface area (Å²) in [6.07, 6.45) is 2.49. The highest BCUT2D eigenvalue weighted by atomic mass is 19.1. The van der Waals surface area contributed by atoms with Crippen LogP contribution in [0.5, 0.6) is 0 Å². The molecule has 0 aliphatic carbocycles. The van der Waals surface area contributed by atoms with Crippen molar-refractivity contribution in [3.05, 3.63) is 35.6 Å². The Balaban J connectivity index is 1.89. The third kappa shape index (κ3) is 5.06. The predicted molar refractivity (Wildman–Crippen MR) is 83.9 cm³/mol. The molecule has 1 aromatic carbocycles. The summed E-state index contributed by atoms with van der Waals surface area (Å²) in [6.45, 7) is 9.13. The lowest BCUT2D eigenvalue weighted by molar-refractivity contribution is -0.0305. The van der Waals surface area contributed by atoms with Gasteiger partial charge in [0.05, 0.1) is 12.7 Å². The zero-order chi connectivity index (χ0) is 15.1. The molecular formula is C17H27FN2O. The van der Waals surface area contributed by atoms with Crippen LogP contribution in [0.1, 0.15) is 38.3 Å². The zero-order valence-corrected chi connectivity index (χ0v) is 13.1. The number of hydrogen-bond donors (Lipinski definition) is 1. The molecule has 2 unspecified atom stereocenters. The average Bonchev–Trinajstić information content (AvgIpc) is 2.52. The summed E-state index contributed by atoms with van der Waals surface area (Å²) < 4.78 is 18.8. The van der Waals surface area contributed by atoms with Gasteiger partial charge in [-0.15, -0.1) is 0 Å². The van der Waals surface area contributed by atoms with Gasteiger partial charge < -0.3 is 10.1 Å². The van der Waals surface area contributed by atoms with Crippen molar-refractivity contribution >= 4 is 0 Å². The molecule has 1 aliphatic rings. The minimum absolute atomic E-state index is 0.173. The van der Waals surface area contributed by atoms with Crippen LogP contribution in [0.25, 0.3) is 0 Å². The molecule has 0 amide bonds. The Morgan fingerprint density at radius 3 is 2.76 bits per heavy atom. The monoisotopic (exact) mass is 294 g/mol. The molecule has 1 heterocycles. The average molecular weight is 294 g/mol. The van der Waals surface area contributed by atoms with Crippen LogP contribution in [0.3, 0.4) is 0 Å². The summed E-state index contributed by atoms with van der Waals surface area (Å²) in [6, 6.07) is 7.15. The lowest BCUT2D eigenvalue weighted by Crippen LogP contribution is -2.43. The second-order valence-corrected chi connectivity index (χ2v) is 5.65. The fourth-order valence-corrected chi connectivity index (χ4v) is 2.87. The molecule has 1 aromatic rings. The Bertz CT molecular complexity index is 410. The number of ether oxygens (including phenoxy) is 1. The lowest BCUT2D eigenvalue weighted by atomic mass is 10.0. The van der Waals surface area contributed by atoms with Crippen molar-refractivity contribution in [2.45, 2.75) is 38.8 Å². The molecule has 4 heteroatoms. The summed E-state index contributed by atoms with van der Waals surface area (Å²) in [5.41, 5.74) is 1.17. The molecule has 3 nitrogen and oxygen atoms in total. The number of benzene rings is 1. The first-order valence-corrected chi connectivity index (χ1v) is 8.05. The van der Waals surface area contributed by atoms with Gasteiger partial charge in [-0.3, -0.25) is 4.90 Å². The normalized spacial score (nSPS) is 21.4. The molecule has 2 atom stereocenters. The fraction of sp³-hybridized carbons (Fsp3) is 0.647. The molecule has 1 N–H and O–H groups in total. The van der Waals surface area contributed by atoms with Crippen LogP contribution in [0.15, 0.2) is 24.3 Å². The Labute approximate surface area is 127 Å². The molecule has 21 heavy (non-hydrogen) atoms. The molecule has 0 spiro atoms. The summed E-state index contributed by atoms with van der Waals surface area (Å²) in [7, 11) is 0. The standard InChI is InChI=1S/C17H27FN2O/c1-3-16-13-20(11-12-21-16)10-9-17(19-4-2)14-5-7-15(18)8-6-14/h5-8,16-17,19H,3-4,9-13H2,1-2H3. The molecule has 0 aromatic heterocycles. The third-order valence-electron chi connectivity index (χ3n) is 4.14. The maximum atomic E-state index is 13.1. The number of nitrogens with one attached hydrogen (secondary N) is 1. The first-order chi connectivity index (χ1) is 10.2. The molecule has 0 bridgehead atoms. The largest absolute Gasteiger partial charge is 0.376 e. The predicted octanol–water partition coefficient (Wildman–Crippen LogP) is 2.98. The van der Waals surface area contributed by atoms with E-state index in [9.17, 15) is 4.39 Å². The second-order valence-electron chi connectivity index (χ2n) is 5.65. The fourth-order valence-electron chi connectivity index (χ4n) is 2.87. The molecule has 1 saturated heterocycles. The van der Waals surface area contributed by atoms with Crippen LogP contribution in [0.4, 0.5) is 4.39 Å². The number of rotatable bonds is 7. The summed E-state index contributed by atoms with van der Waals surface area (Å²) in [4.78, 5) is 2.48. The van der Waals surface area contributed by atoms with Crippen molar-refractivity contribution in [3.8, 4) is 0 Å². The van der Waals surface area contributed by atoms with Crippen molar-refractivity contribution in [2.24, 2.45) is 0 Å². The Morgan fingerprint density at radius 1 is 1.33 bits per heavy atom. The van der Waals surface area contributed by atoms with E-state index in [4.69, 9.17) is 4.74 Å². The summed E-state index contributed by atoms with van der Waals surface area (Å²) in [5, 5.41) is 3.50. The van der Waals surface area contributed by atoms with Crippen molar-refractivity contribution in [1.29, 1.82) is 0 Å². The summed E-state index contributed by atoms with van der Waals surface area (Å²) in [5.74, 6) is -0.173. The van der Waals surface area contributed by atoms with Crippen molar-refractivity contribution < 1.29 is 9.13 Å². The van der Waals surface area contributed by atoms with Gasteiger partial charge in [0.15, 0.2) is 0 Å². The zero-order valence-electron chi connectivity index (χ0n) is 13.1. The van der Waals surface area contributed by atoms with E-state index < -0.39 is 0 Å². The van der Waals surface area contributed by atoms with Gasteiger partial charge in [0.1, 0.15) is 5.82 Å². The first-order valence-electron chi connectivity index (χ1n) is 8.05. The maximum absolute atomic E-state index is 13.1. The molecule has 2 rings (SSSR count). The minimum Gasteiger partial charge on any atom is -0.376 e. The van der Waals surface area contributed by atoms with Crippen LogP contribution >= 0.6 is 0 Å². The quantitative estimate of drug-likeness (QED) is 0.837. The smallest absolute Gasteiger partial charge is 0.123 e. The van der Waals surface area contributed by atoms with Crippen LogP contribution < -0.4 is 5.32 Å². The van der Waals surface area contributed by atoms with Gasteiger partial charge in [0, 0.05) is 25.7 Å². The molecule has 1 fully saturated rings. The van der Waals surface area contributed by atoms with Crippen molar-refractivity contribution in [2.75, 3.05) is 32.8 Å². The van der Waals surface area contributed by atoms with Gasteiger partial charge in [-0.25, -0.2) is 4.39 Å². The van der Waals surface area contributed by atoms with E-state index in [0.717, 1.165) is 45.6 Å². The van der Waals surface area contributed by atoms with E-state index in [1.807, 2.05) is 12.1 Å². The number of morpholine rings is 1. The van der Waals surface area contributed by atoms with Gasteiger partial charge in [0.2, 0.25) is 0 Å². The number of hydrogen-bond acceptors (Lipinski definition) is 3. The molecular weight excluding hydrogens is 267 g/mol. The summed E-state index contributed by atoms with van der Waals surface area (Å²) >= 11 is 0. The number of halogens is 1. The van der Waals surface area contributed by atoms with E-state index in [0.29, 0.717) is 12.1 Å². The van der Waals surface area contributed by atoms with E-state index in [1.165, 1.54) is 5.56 Å². The molecule has 0 saturated carbocycles. The highest BCUT2D eigenvalue weighted by Crippen LogP contribution is 2.19. The van der Waals surface area contributed by atoms with Crippen LogP contribution in [0, 0.1) is 5.82 Å². The number of nitrogens with zero attached hydrogens (tertiary/aromatic N) is 1. The Kier molecular flexibility index (Phi) is 6.61. The van der Waals surface area contributed by atoms with Crippen LogP contribution in [-0.4, -0.2) is 43.8 Å². The molecule has 1 aliphatic heterocycles. The topological polar surface area (TPSA) is 24.5 Å². The molecule has 118 valence electrons. The van der Waals surface area contributed by atoms with Crippen LogP contribution in [-0.2, 0) is 4.74 Å². The Morgan fingerprint density at radius 2 is 2.10 bits per heavy atom. The minimum atomic E-state index is -0.173. The van der Waals surface area contributed by atoms with Crippen molar-refractivity contribution in [1.82, 2.24) is 10.2 Å². The highest BCUT2D eigenvalue weighted by molar-refractivity contribution is 5.19. The van der Waals surface area contributed by atoms with E-state index >= 15 is 0 Å². The van der Waals surface area contributed by atoms with Crippen LogP contribution in [0.2, 0.25) is 0 Å².